The quantitative estimate of drug-likeness (QED) is 0.604. The van der Waals surface area contributed by atoms with Gasteiger partial charge in [-0.2, -0.15) is 0 Å². The van der Waals surface area contributed by atoms with E-state index in [0.29, 0.717) is 29.8 Å². The van der Waals surface area contributed by atoms with E-state index in [2.05, 4.69) is 0 Å². The van der Waals surface area contributed by atoms with E-state index in [1.54, 1.807) is 18.2 Å². The van der Waals surface area contributed by atoms with E-state index in [9.17, 15) is 9.59 Å². The molecule has 1 unspecified atom stereocenters. The van der Waals surface area contributed by atoms with Gasteiger partial charge in [0.25, 0.3) is 6.47 Å². The number of carbonyl (C=O) groups is 2. The molecule has 0 heterocycles. The average Bonchev–Trinajstić information content (AvgIpc) is 2.42. The molecule has 0 fully saturated rings. The maximum atomic E-state index is 10.5. The van der Waals surface area contributed by atoms with Gasteiger partial charge in [-0.05, 0) is 30.2 Å². The predicted molar refractivity (Wildman–Crippen MR) is 69.8 cm³/mol. The maximum Gasteiger partial charge on any atom is 0.328 e. The normalized spacial score (nSPS) is 12.1. The van der Waals surface area contributed by atoms with Crippen molar-refractivity contribution in [3.8, 4) is 5.75 Å². The van der Waals surface area contributed by atoms with Crippen molar-refractivity contribution in [2.75, 3.05) is 7.11 Å². The molecular weight excluding hydrogens is 248 g/mol. The van der Waals surface area contributed by atoms with E-state index in [1.807, 2.05) is 6.92 Å². The summed E-state index contributed by atoms with van der Waals surface area (Å²) in [5.41, 5.74) is 1.41. The first-order valence-electron chi connectivity index (χ1n) is 5.80. The first kappa shape index (κ1) is 14.8. The number of rotatable bonds is 7. The number of benzene rings is 1. The summed E-state index contributed by atoms with van der Waals surface area (Å²) in [6.45, 7) is 2.28. The van der Waals surface area contributed by atoms with Crippen LogP contribution < -0.4 is 4.74 Å². The zero-order chi connectivity index (χ0) is 14.3. The molecule has 0 aliphatic carbocycles. The molecule has 0 bridgehead atoms. The summed E-state index contributed by atoms with van der Waals surface area (Å²) in [5.74, 6) is -0.422. The molecule has 0 radical (unpaired) electrons. The van der Waals surface area contributed by atoms with Crippen LogP contribution in [0.4, 0.5) is 0 Å². The van der Waals surface area contributed by atoms with E-state index in [-0.39, 0.29) is 0 Å². The lowest BCUT2D eigenvalue weighted by molar-refractivity contribution is -0.134. The lowest BCUT2D eigenvalue weighted by Gasteiger charge is -2.17. The summed E-state index contributed by atoms with van der Waals surface area (Å²) in [6, 6.07) is 5.19. The monoisotopic (exact) mass is 264 g/mol. The lowest BCUT2D eigenvalue weighted by Crippen LogP contribution is -2.04. The molecule has 0 aliphatic heterocycles. The molecule has 0 saturated carbocycles. The van der Waals surface area contributed by atoms with Crippen LogP contribution in [-0.4, -0.2) is 24.7 Å². The van der Waals surface area contributed by atoms with Gasteiger partial charge in [0.05, 0.1) is 7.11 Å². The van der Waals surface area contributed by atoms with E-state index >= 15 is 0 Å². The number of carboxylic acid groups (broad SMARTS) is 1. The number of aliphatic carboxylic acids is 1. The highest BCUT2D eigenvalue weighted by atomic mass is 16.5. The first-order valence-corrected chi connectivity index (χ1v) is 5.80. The molecule has 1 aromatic rings. The largest absolute Gasteiger partial charge is 0.496 e. The fourth-order valence-electron chi connectivity index (χ4n) is 1.73. The Bertz CT molecular complexity index is 479. The Morgan fingerprint density at radius 2 is 2.21 bits per heavy atom. The second-order valence-corrected chi connectivity index (χ2v) is 3.80. The molecule has 1 aromatic carbocycles. The van der Waals surface area contributed by atoms with Gasteiger partial charge in [-0.25, -0.2) is 4.79 Å². The van der Waals surface area contributed by atoms with Gasteiger partial charge in [0.15, 0.2) is 0 Å². The number of methoxy groups -OCH3 is 1. The van der Waals surface area contributed by atoms with Gasteiger partial charge in [0.2, 0.25) is 0 Å². The lowest BCUT2D eigenvalue weighted by atomic mass is 10.0. The zero-order valence-corrected chi connectivity index (χ0v) is 10.8. The highest BCUT2D eigenvalue weighted by molar-refractivity contribution is 5.85. The van der Waals surface area contributed by atoms with Gasteiger partial charge in [-0.15, -0.1) is 0 Å². The van der Waals surface area contributed by atoms with E-state index in [0.717, 1.165) is 6.08 Å². The van der Waals surface area contributed by atoms with E-state index < -0.39 is 12.1 Å². The van der Waals surface area contributed by atoms with Crippen molar-refractivity contribution in [1.82, 2.24) is 0 Å². The molecule has 1 atom stereocenters. The highest BCUT2D eigenvalue weighted by Gasteiger charge is 2.15. The van der Waals surface area contributed by atoms with E-state index in [1.165, 1.54) is 13.2 Å². The van der Waals surface area contributed by atoms with Gasteiger partial charge in [0, 0.05) is 11.6 Å². The van der Waals surface area contributed by atoms with Crippen molar-refractivity contribution in [2.45, 2.75) is 19.4 Å². The Morgan fingerprint density at radius 1 is 1.47 bits per heavy atom. The minimum Gasteiger partial charge on any atom is -0.496 e. The smallest absolute Gasteiger partial charge is 0.328 e. The highest BCUT2D eigenvalue weighted by Crippen LogP contribution is 2.30. The van der Waals surface area contributed by atoms with Crippen LogP contribution in [0.3, 0.4) is 0 Å². The average molecular weight is 264 g/mol. The molecule has 1 rings (SSSR count). The summed E-state index contributed by atoms with van der Waals surface area (Å²) in [6.07, 6.45) is 2.71. The number of carbonyl (C=O) groups excluding carboxylic acids is 1. The van der Waals surface area contributed by atoms with Crippen LogP contribution >= 0.6 is 0 Å². The molecule has 0 aliphatic rings. The van der Waals surface area contributed by atoms with Gasteiger partial charge in [-0.3, -0.25) is 4.79 Å². The van der Waals surface area contributed by atoms with Gasteiger partial charge in [-0.1, -0.05) is 13.0 Å². The molecule has 0 spiro atoms. The standard InChI is InChI=1S/C14H16O5/c1-3-12(19-9-15)11-8-10(5-7-14(16)17)4-6-13(11)18-2/h4-9,12H,3H2,1-2H3,(H,16,17)/b7-5+. The Kier molecular flexibility index (Phi) is 5.60. The van der Waals surface area contributed by atoms with Crippen molar-refractivity contribution < 1.29 is 24.2 Å². The van der Waals surface area contributed by atoms with Gasteiger partial charge in [0.1, 0.15) is 11.9 Å². The first-order chi connectivity index (χ1) is 9.12. The second kappa shape index (κ2) is 7.20. The Labute approximate surface area is 111 Å². The Morgan fingerprint density at radius 3 is 2.74 bits per heavy atom. The SMILES string of the molecule is CCC(OC=O)c1cc(/C=C/C(=O)O)ccc1OC. The Balaban J connectivity index is 3.14. The summed E-state index contributed by atoms with van der Waals surface area (Å²) in [4.78, 5) is 21.0. The third kappa shape index (κ3) is 4.13. The molecule has 19 heavy (non-hydrogen) atoms. The maximum absolute atomic E-state index is 10.5. The molecule has 5 heteroatoms. The summed E-state index contributed by atoms with van der Waals surface area (Å²) >= 11 is 0. The molecule has 0 amide bonds. The molecule has 0 aromatic heterocycles. The van der Waals surface area contributed by atoms with Crippen LogP contribution in [0.1, 0.15) is 30.6 Å². The van der Waals surface area contributed by atoms with Crippen molar-refractivity contribution in [3.05, 3.63) is 35.4 Å². The summed E-state index contributed by atoms with van der Waals surface area (Å²) < 4.78 is 10.2. The van der Waals surface area contributed by atoms with Crippen LogP contribution in [0.15, 0.2) is 24.3 Å². The molecule has 102 valence electrons. The minimum atomic E-state index is -1.02. The van der Waals surface area contributed by atoms with Gasteiger partial charge < -0.3 is 14.6 Å². The van der Waals surface area contributed by atoms with Crippen LogP contribution in [-0.2, 0) is 14.3 Å². The van der Waals surface area contributed by atoms with E-state index in [4.69, 9.17) is 14.6 Å². The minimum absolute atomic E-state index is 0.396. The van der Waals surface area contributed by atoms with Gasteiger partial charge >= 0.3 is 5.97 Å². The third-order valence-electron chi connectivity index (χ3n) is 2.61. The van der Waals surface area contributed by atoms with Crippen LogP contribution in [0.25, 0.3) is 6.08 Å². The number of ether oxygens (including phenoxy) is 2. The van der Waals surface area contributed by atoms with Crippen LogP contribution in [0, 0.1) is 0 Å². The van der Waals surface area contributed by atoms with Crippen molar-refractivity contribution in [2.24, 2.45) is 0 Å². The molecular formula is C14H16O5. The summed E-state index contributed by atoms with van der Waals surface area (Å²) in [7, 11) is 1.53. The molecule has 1 N–H and O–H groups in total. The fraction of sp³-hybridized carbons (Fsp3) is 0.286. The van der Waals surface area contributed by atoms with Crippen molar-refractivity contribution in [3.63, 3.8) is 0 Å². The van der Waals surface area contributed by atoms with Crippen LogP contribution in [0.5, 0.6) is 5.75 Å². The summed E-state index contributed by atoms with van der Waals surface area (Å²) in [5, 5.41) is 8.60. The number of carboxylic acids is 1. The topological polar surface area (TPSA) is 72.8 Å². The number of hydrogen-bond donors (Lipinski definition) is 1. The molecule has 0 saturated heterocycles. The second-order valence-electron chi connectivity index (χ2n) is 3.80. The Hall–Kier alpha value is -2.30. The zero-order valence-electron chi connectivity index (χ0n) is 10.8. The van der Waals surface area contributed by atoms with Crippen LogP contribution in [0.2, 0.25) is 0 Å². The molecule has 5 nitrogen and oxygen atoms in total. The predicted octanol–water partition coefficient (Wildman–Crippen LogP) is 2.42. The fourth-order valence-corrected chi connectivity index (χ4v) is 1.73. The van der Waals surface area contributed by atoms with Crippen molar-refractivity contribution in [1.29, 1.82) is 0 Å². The number of hydrogen-bond acceptors (Lipinski definition) is 4. The third-order valence-corrected chi connectivity index (χ3v) is 2.61. The van der Waals surface area contributed by atoms with Crippen molar-refractivity contribution >= 4 is 18.5 Å².